The van der Waals surface area contributed by atoms with Crippen molar-refractivity contribution in [3.05, 3.63) is 5.82 Å². The zero-order valence-corrected chi connectivity index (χ0v) is 8.96. The van der Waals surface area contributed by atoms with Crippen molar-refractivity contribution >= 4 is 5.97 Å². The van der Waals surface area contributed by atoms with Crippen molar-refractivity contribution in [2.75, 3.05) is 6.54 Å². The Hall–Kier alpha value is -1.50. The molecule has 88 valence electrons. The molecule has 0 spiro atoms. The molecule has 1 aliphatic carbocycles. The third-order valence-corrected chi connectivity index (χ3v) is 2.48. The van der Waals surface area contributed by atoms with Gasteiger partial charge < -0.3 is 10.4 Å². The molecule has 7 heteroatoms. The number of aromatic nitrogens is 4. The highest BCUT2D eigenvalue weighted by Crippen LogP contribution is 2.34. The molecule has 1 aromatic rings. The fourth-order valence-electron chi connectivity index (χ4n) is 1.50. The Kier molecular flexibility index (Phi) is 3.45. The summed E-state index contributed by atoms with van der Waals surface area (Å²) in [6.07, 6.45) is 3.12. The van der Waals surface area contributed by atoms with Gasteiger partial charge in [0.05, 0.1) is 12.6 Å². The summed E-state index contributed by atoms with van der Waals surface area (Å²) in [7, 11) is 0. The van der Waals surface area contributed by atoms with Gasteiger partial charge in [-0.05, 0) is 36.2 Å². The molecule has 1 aliphatic rings. The highest BCUT2D eigenvalue weighted by atomic mass is 16.4. The van der Waals surface area contributed by atoms with Crippen molar-refractivity contribution in [3.63, 3.8) is 0 Å². The first-order chi connectivity index (χ1) is 7.77. The summed E-state index contributed by atoms with van der Waals surface area (Å²) >= 11 is 0. The molecule has 7 nitrogen and oxygen atoms in total. The molecule has 0 saturated heterocycles. The van der Waals surface area contributed by atoms with Crippen LogP contribution in [0.15, 0.2) is 0 Å². The fraction of sp³-hybridized carbons (Fsp3) is 0.778. The molecule has 1 aromatic heterocycles. The van der Waals surface area contributed by atoms with Gasteiger partial charge in [0.15, 0.2) is 5.82 Å². The smallest absolute Gasteiger partial charge is 0.303 e. The quantitative estimate of drug-likeness (QED) is 0.633. The van der Waals surface area contributed by atoms with Crippen LogP contribution in [0.25, 0.3) is 0 Å². The van der Waals surface area contributed by atoms with Gasteiger partial charge >= 0.3 is 5.97 Å². The largest absolute Gasteiger partial charge is 0.481 e. The molecule has 1 fully saturated rings. The van der Waals surface area contributed by atoms with E-state index in [1.807, 2.05) is 4.68 Å². The molecule has 1 saturated carbocycles. The maximum Gasteiger partial charge on any atom is 0.303 e. The summed E-state index contributed by atoms with van der Waals surface area (Å²) in [5.74, 6) is 0.0717. The molecule has 1 heterocycles. The zero-order chi connectivity index (χ0) is 11.4. The number of carboxylic acids is 1. The van der Waals surface area contributed by atoms with E-state index in [0.29, 0.717) is 25.6 Å². The topological polar surface area (TPSA) is 92.9 Å². The molecule has 0 unspecified atom stereocenters. The second-order valence-corrected chi connectivity index (χ2v) is 3.94. The molecule has 0 aromatic carbocycles. The Labute approximate surface area is 92.8 Å². The monoisotopic (exact) mass is 225 g/mol. The lowest BCUT2D eigenvalue weighted by Gasteiger charge is -2.03. The number of aliphatic carboxylic acids is 1. The summed E-state index contributed by atoms with van der Waals surface area (Å²) < 4.78 is 1.85. The lowest BCUT2D eigenvalue weighted by molar-refractivity contribution is -0.137. The summed E-state index contributed by atoms with van der Waals surface area (Å²) in [5.41, 5.74) is 0. The van der Waals surface area contributed by atoms with Crippen molar-refractivity contribution in [1.29, 1.82) is 0 Å². The van der Waals surface area contributed by atoms with Gasteiger partial charge in [-0.3, -0.25) is 4.79 Å². The molecule has 2 rings (SSSR count). The number of carboxylic acid groups (broad SMARTS) is 1. The number of tetrazole rings is 1. The highest BCUT2D eigenvalue weighted by Gasteiger charge is 2.27. The van der Waals surface area contributed by atoms with Crippen LogP contribution in [0.4, 0.5) is 0 Å². The molecule has 0 bridgehead atoms. The second kappa shape index (κ2) is 5.02. The molecule has 0 aliphatic heterocycles. The minimum atomic E-state index is -0.760. The summed E-state index contributed by atoms with van der Waals surface area (Å²) in [6, 6.07) is 0.478. The number of hydrogen-bond acceptors (Lipinski definition) is 5. The van der Waals surface area contributed by atoms with Crippen molar-refractivity contribution in [1.82, 2.24) is 25.5 Å². The summed E-state index contributed by atoms with van der Waals surface area (Å²) in [5, 5.41) is 23.1. The van der Waals surface area contributed by atoms with Crippen LogP contribution in [0.2, 0.25) is 0 Å². The van der Waals surface area contributed by atoms with E-state index in [9.17, 15) is 4.79 Å². The number of rotatable bonds is 7. The van der Waals surface area contributed by atoms with Gasteiger partial charge in [0.25, 0.3) is 0 Å². The first-order valence-corrected chi connectivity index (χ1v) is 5.46. The first-order valence-electron chi connectivity index (χ1n) is 5.46. The van der Waals surface area contributed by atoms with E-state index in [-0.39, 0.29) is 6.42 Å². The van der Waals surface area contributed by atoms with Crippen molar-refractivity contribution in [2.45, 2.75) is 38.3 Å². The Morgan fingerprint density at radius 3 is 3.06 bits per heavy atom. The summed E-state index contributed by atoms with van der Waals surface area (Å²) in [4.78, 5) is 10.3. The van der Waals surface area contributed by atoms with E-state index in [0.717, 1.165) is 18.7 Å². The maximum absolute atomic E-state index is 10.3. The van der Waals surface area contributed by atoms with Gasteiger partial charge in [0, 0.05) is 6.42 Å². The normalized spacial score (nSPS) is 15.2. The Balaban J connectivity index is 1.68. The molecular weight excluding hydrogens is 210 g/mol. The zero-order valence-electron chi connectivity index (χ0n) is 8.96. The van der Waals surface area contributed by atoms with Crippen LogP contribution in [0.3, 0.4) is 0 Å². The molecule has 0 amide bonds. The van der Waals surface area contributed by atoms with Crippen LogP contribution >= 0.6 is 0 Å². The van der Waals surface area contributed by atoms with Crippen LogP contribution < -0.4 is 5.32 Å². The third kappa shape index (κ3) is 2.99. The van der Waals surface area contributed by atoms with Gasteiger partial charge in [-0.15, -0.1) is 5.10 Å². The molecule has 2 N–H and O–H groups in total. The number of nitrogens with one attached hydrogen (secondary N) is 1. The van der Waals surface area contributed by atoms with Gasteiger partial charge in [0.2, 0.25) is 0 Å². The lowest BCUT2D eigenvalue weighted by atomic mass is 10.3. The van der Waals surface area contributed by atoms with E-state index >= 15 is 0 Å². The van der Waals surface area contributed by atoms with E-state index in [4.69, 9.17) is 5.11 Å². The average Bonchev–Trinajstić information content (AvgIpc) is 2.98. The van der Waals surface area contributed by atoms with Gasteiger partial charge in [-0.25, -0.2) is 4.68 Å². The van der Waals surface area contributed by atoms with E-state index in [2.05, 4.69) is 20.8 Å². The van der Waals surface area contributed by atoms with E-state index < -0.39 is 5.97 Å². The maximum atomic E-state index is 10.3. The molecule has 16 heavy (non-hydrogen) atoms. The van der Waals surface area contributed by atoms with Crippen molar-refractivity contribution in [2.24, 2.45) is 0 Å². The SMILES string of the molecule is O=C(O)CCCNCc1nnnn1C1CC1. The fourth-order valence-corrected chi connectivity index (χ4v) is 1.50. The van der Waals surface area contributed by atoms with Crippen LogP contribution in [-0.2, 0) is 11.3 Å². The third-order valence-electron chi connectivity index (χ3n) is 2.48. The molecule has 0 radical (unpaired) electrons. The number of nitrogens with zero attached hydrogens (tertiary/aromatic N) is 4. The highest BCUT2D eigenvalue weighted by molar-refractivity contribution is 5.66. The van der Waals surface area contributed by atoms with Crippen LogP contribution in [0, 0.1) is 0 Å². The lowest BCUT2D eigenvalue weighted by Crippen LogP contribution is -2.19. The van der Waals surface area contributed by atoms with E-state index in [1.54, 1.807) is 0 Å². The van der Waals surface area contributed by atoms with Crippen LogP contribution in [0.1, 0.15) is 37.5 Å². The number of hydrogen-bond donors (Lipinski definition) is 2. The predicted molar refractivity (Wildman–Crippen MR) is 54.7 cm³/mol. The van der Waals surface area contributed by atoms with Gasteiger partial charge in [-0.1, -0.05) is 0 Å². The minimum Gasteiger partial charge on any atom is -0.481 e. The van der Waals surface area contributed by atoms with Gasteiger partial charge in [-0.2, -0.15) is 0 Å². The average molecular weight is 225 g/mol. The Morgan fingerprint density at radius 2 is 2.38 bits per heavy atom. The predicted octanol–water partition coefficient (Wildman–Crippen LogP) is -0.0376. The van der Waals surface area contributed by atoms with Gasteiger partial charge in [0.1, 0.15) is 0 Å². The molecule has 0 atom stereocenters. The standard InChI is InChI=1S/C9H15N5O2/c15-9(16)2-1-5-10-6-8-11-12-13-14(8)7-3-4-7/h7,10H,1-6H2,(H,15,16). The second-order valence-electron chi connectivity index (χ2n) is 3.94. The number of carbonyl (C=O) groups is 1. The Morgan fingerprint density at radius 1 is 1.56 bits per heavy atom. The minimum absolute atomic E-state index is 0.195. The summed E-state index contributed by atoms with van der Waals surface area (Å²) in [6.45, 7) is 1.27. The van der Waals surface area contributed by atoms with Crippen molar-refractivity contribution in [3.8, 4) is 0 Å². The Bertz CT molecular complexity index is 361. The first kappa shape index (κ1) is 11.0. The van der Waals surface area contributed by atoms with Crippen molar-refractivity contribution < 1.29 is 9.90 Å². The van der Waals surface area contributed by atoms with Crippen LogP contribution in [-0.4, -0.2) is 37.8 Å². The van der Waals surface area contributed by atoms with Crippen LogP contribution in [0.5, 0.6) is 0 Å². The van der Waals surface area contributed by atoms with E-state index in [1.165, 1.54) is 0 Å². The molecular formula is C9H15N5O2.